The Kier molecular flexibility index (Phi) is 8.15. The quantitative estimate of drug-likeness (QED) is 0.303. The van der Waals surface area contributed by atoms with Crippen LogP contribution in [0.25, 0.3) is 0 Å². The molecule has 3 aromatic carbocycles. The number of carbonyl (C=O) groups excluding carboxylic acids is 2. The zero-order valence-corrected chi connectivity index (χ0v) is 24.2. The van der Waals surface area contributed by atoms with Gasteiger partial charge in [-0.05, 0) is 65.6 Å². The third kappa shape index (κ3) is 5.72. The number of para-hydroxylation sites is 1. The Morgan fingerprint density at radius 2 is 1.50 bits per heavy atom. The van der Waals surface area contributed by atoms with Gasteiger partial charge in [-0.15, -0.1) is 0 Å². The minimum absolute atomic E-state index is 0.0410. The fraction of sp³-hybridized carbons (Fsp3) is 0.412. The molecule has 1 N–H and O–H groups in total. The number of anilines is 2. The number of hydrogen-bond acceptors (Lipinski definition) is 3. The number of urea groups is 1. The Morgan fingerprint density at radius 3 is 2.10 bits per heavy atom. The van der Waals surface area contributed by atoms with Crippen molar-refractivity contribution in [1.29, 1.82) is 0 Å². The monoisotopic (exact) mass is 539 g/mol. The van der Waals surface area contributed by atoms with Crippen molar-refractivity contribution in [2.24, 2.45) is 0 Å². The summed E-state index contributed by atoms with van der Waals surface area (Å²) in [6, 6.07) is 24.0. The number of carbonyl (C=O) groups is 2. The second-order valence-electron chi connectivity index (χ2n) is 11.8. The van der Waals surface area contributed by atoms with E-state index in [4.69, 9.17) is 4.74 Å². The van der Waals surface area contributed by atoms with E-state index in [1.54, 1.807) is 4.90 Å². The van der Waals surface area contributed by atoms with E-state index in [1.807, 2.05) is 59.5 Å². The molecule has 3 amide bonds. The molecule has 2 aliphatic rings. The highest BCUT2D eigenvalue weighted by Gasteiger charge is 2.51. The Labute approximate surface area is 238 Å². The molecule has 0 radical (unpaired) electrons. The molecule has 1 saturated heterocycles. The lowest BCUT2D eigenvalue weighted by molar-refractivity contribution is -0.116. The van der Waals surface area contributed by atoms with Gasteiger partial charge >= 0.3 is 6.03 Å². The van der Waals surface area contributed by atoms with Crippen LogP contribution < -0.4 is 15.0 Å². The molecule has 1 saturated carbocycles. The van der Waals surface area contributed by atoms with Gasteiger partial charge in [0.1, 0.15) is 18.9 Å². The predicted octanol–water partition coefficient (Wildman–Crippen LogP) is 7.71. The van der Waals surface area contributed by atoms with Crippen LogP contribution in [0.3, 0.4) is 0 Å². The van der Waals surface area contributed by atoms with Crippen molar-refractivity contribution < 1.29 is 14.3 Å². The van der Waals surface area contributed by atoms with Gasteiger partial charge in [0.15, 0.2) is 0 Å². The first-order chi connectivity index (χ1) is 19.3. The molecule has 5 rings (SSSR count). The van der Waals surface area contributed by atoms with Gasteiger partial charge in [-0.3, -0.25) is 9.69 Å². The summed E-state index contributed by atoms with van der Waals surface area (Å²) in [7, 11) is 0. The number of amides is 3. The van der Waals surface area contributed by atoms with E-state index in [1.165, 1.54) is 0 Å². The second kappa shape index (κ2) is 11.7. The summed E-state index contributed by atoms with van der Waals surface area (Å²) in [4.78, 5) is 30.9. The fourth-order valence-electron chi connectivity index (χ4n) is 6.24. The largest absolute Gasteiger partial charge is 0.489 e. The molecular formula is C34H41N3O3. The van der Waals surface area contributed by atoms with Crippen LogP contribution in [0, 0.1) is 0 Å². The molecule has 1 aliphatic carbocycles. The Balaban J connectivity index is 1.31. The van der Waals surface area contributed by atoms with Crippen molar-refractivity contribution in [3.63, 3.8) is 0 Å². The van der Waals surface area contributed by atoms with Gasteiger partial charge in [0, 0.05) is 17.9 Å². The zero-order valence-electron chi connectivity index (χ0n) is 24.2. The second-order valence-corrected chi connectivity index (χ2v) is 11.8. The SMILES string of the molecule is CC(C)c1cccc(C(C)C)c1NC(=O)CN1CC2(CCCC2)N(c2ccc(OCc3ccccc3)cc2)C1=O. The number of nitrogens with zero attached hydrogens (tertiary/aromatic N) is 2. The summed E-state index contributed by atoms with van der Waals surface area (Å²) in [5, 5.41) is 3.19. The third-order valence-corrected chi connectivity index (χ3v) is 8.27. The molecular weight excluding hydrogens is 498 g/mol. The van der Waals surface area contributed by atoms with Crippen molar-refractivity contribution >= 4 is 23.3 Å². The van der Waals surface area contributed by atoms with E-state index in [0.29, 0.717) is 13.2 Å². The smallest absolute Gasteiger partial charge is 0.325 e. The molecule has 2 fully saturated rings. The maximum atomic E-state index is 13.8. The third-order valence-electron chi connectivity index (χ3n) is 8.27. The Bertz CT molecular complexity index is 1300. The summed E-state index contributed by atoms with van der Waals surface area (Å²) in [5.74, 6) is 1.17. The van der Waals surface area contributed by atoms with Gasteiger partial charge in [-0.25, -0.2) is 4.79 Å². The lowest BCUT2D eigenvalue weighted by atomic mass is 9.92. The molecule has 6 nitrogen and oxygen atoms in total. The van der Waals surface area contributed by atoms with Crippen molar-refractivity contribution in [3.05, 3.63) is 89.5 Å². The summed E-state index contributed by atoms with van der Waals surface area (Å²) < 4.78 is 5.97. The highest BCUT2D eigenvalue weighted by atomic mass is 16.5. The number of benzene rings is 3. The summed E-state index contributed by atoms with van der Waals surface area (Å²) in [6.45, 7) is 9.65. The highest BCUT2D eigenvalue weighted by molar-refractivity contribution is 6.01. The van der Waals surface area contributed by atoms with Crippen LogP contribution in [0.4, 0.5) is 16.2 Å². The van der Waals surface area contributed by atoms with Gasteiger partial charge in [0.25, 0.3) is 0 Å². The summed E-state index contributed by atoms with van der Waals surface area (Å²) >= 11 is 0. The van der Waals surface area contributed by atoms with Gasteiger partial charge < -0.3 is 15.0 Å². The molecule has 1 spiro atoms. The number of hydrogen-bond donors (Lipinski definition) is 1. The van der Waals surface area contributed by atoms with Crippen LogP contribution in [0.2, 0.25) is 0 Å². The molecule has 0 unspecified atom stereocenters. The van der Waals surface area contributed by atoms with Crippen molar-refractivity contribution in [2.75, 3.05) is 23.3 Å². The number of ether oxygens (including phenoxy) is 1. The number of nitrogens with one attached hydrogen (secondary N) is 1. The maximum Gasteiger partial charge on any atom is 0.325 e. The molecule has 210 valence electrons. The first kappa shape index (κ1) is 27.8. The van der Waals surface area contributed by atoms with Gasteiger partial charge in [0.2, 0.25) is 5.91 Å². The standard InChI is InChI=1S/C34H41N3O3/c1-24(2)29-13-10-14-30(25(3)4)32(29)35-31(38)21-36-23-34(19-8-9-20-34)37(33(36)39)27-15-17-28(18-16-27)40-22-26-11-6-5-7-12-26/h5-7,10-18,24-25H,8-9,19-23H2,1-4H3,(H,35,38). The molecule has 40 heavy (non-hydrogen) atoms. The van der Waals surface area contributed by atoms with Gasteiger partial charge in [-0.2, -0.15) is 0 Å². The molecule has 1 heterocycles. The number of rotatable bonds is 9. The first-order valence-electron chi connectivity index (χ1n) is 14.6. The molecule has 3 aromatic rings. The van der Waals surface area contributed by atoms with Gasteiger partial charge in [0.05, 0.1) is 5.54 Å². The summed E-state index contributed by atoms with van der Waals surface area (Å²) in [6.07, 6.45) is 4.05. The Morgan fingerprint density at radius 1 is 0.875 bits per heavy atom. The van der Waals surface area contributed by atoms with E-state index in [2.05, 4.69) is 51.2 Å². The normalized spacial score (nSPS) is 16.4. The van der Waals surface area contributed by atoms with Crippen LogP contribution in [-0.4, -0.2) is 35.5 Å². The van der Waals surface area contributed by atoms with E-state index >= 15 is 0 Å². The van der Waals surface area contributed by atoms with E-state index < -0.39 is 0 Å². The average molecular weight is 540 g/mol. The lowest BCUT2D eigenvalue weighted by Gasteiger charge is -2.33. The van der Waals surface area contributed by atoms with E-state index in [0.717, 1.165) is 59.5 Å². The maximum absolute atomic E-state index is 13.8. The minimum atomic E-state index is -0.275. The first-order valence-corrected chi connectivity index (χ1v) is 14.6. The lowest BCUT2D eigenvalue weighted by Crippen LogP contribution is -2.45. The van der Waals surface area contributed by atoms with Crippen LogP contribution in [0.15, 0.2) is 72.8 Å². The van der Waals surface area contributed by atoms with E-state index in [-0.39, 0.29) is 35.9 Å². The molecule has 0 bridgehead atoms. The van der Waals surface area contributed by atoms with Gasteiger partial charge in [-0.1, -0.05) is 89.1 Å². The van der Waals surface area contributed by atoms with Crippen molar-refractivity contribution in [1.82, 2.24) is 4.90 Å². The zero-order chi connectivity index (χ0) is 28.3. The van der Waals surface area contributed by atoms with Crippen molar-refractivity contribution in [3.8, 4) is 5.75 Å². The van der Waals surface area contributed by atoms with Crippen LogP contribution in [0.5, 0.6) is 5.75 Å². The van der Waals surface area contributed by atoms with Crippen LogP contribution in [-0.2, 0) is 11.4 Å². The van der Waals surface area contributed by atoms with E-state index in [9.17, 15) is 9.59 Å². The molecule has 0 aromatic heterocycles. The predicted molar refractivity (Wildman–Crippen MR) is 161 cm³/mol. The topological polar surface area (TPSA) is 61.9 Å². The average Bonchev–Trinajstić information content (AvgIpc) is 3.51. The molecule has 1 aliphatic heterocycles. The fourth-order valence-corrected chi connectivity index (χ4v) is 6.24. The summed E-state index contributed by atoms with van der Waals surface area (Å²) in [5.41, 5.74) is 4.82. The van der Waals surface area contributed by atoms with Crippen molar-refractivity contribution in [2.45, 2.75) is 77.4 Å². The molecule has 6 heteroatoms. The highest BCUT2D eigenvalue weighted by Crippen LogP contribution is 2.44. The van der Waals surface area contributed by atoms with Crippen LogP contribution in [0.1, 0.15) is 81.9 Å². The van der Waals surface area contributed by atoms with Crippen LogP contribution >= 0.6 is 0 Å². The minimum Gasteiger partial charge on any atom is -0.489 e. The molecule has 0 atom stereocenters. The Hall–Kier alpha value is -3.80.